The van der Waals surface area contributed by atoms with E-state index in [4.69, 9.17) is 4.52 Å². The fourth-order valence-corrected chi connectivity index (χ4v) is 4.16. The minimum absolute atomic E-state index is 0.0411. The first-order valence-electron chi connectivity index (χ1n) is 10.3. The van der Waals surface area contributed by atoms with Gasteiger partial charge in [-0.2, -0.15) is 0 Å². The van der Waals surface area contributed by atoms with E-state index in [1.54, 1.807) is 11.0 Å². The van der Waals surface area contributed by atoms with Gasteiger partial charge in [0, 0.05) is 43.7 Å². The van der Waals surface area contributed by atoms with E-state index in [1.807, 2.05) is 35.2 Å². The summed E-state index contributed by atoms with van der Waals surface area (Å²) in [4.78, 5) is 29.4. The normalized spacial score (nSPS) is 18.7. The van der Waals surface area contributed by atoms with Crippen molar-refractivity contribution in [2.24, 2.45) is 5.92 Å². The number of hydrogen-bond acceptors (Lipinski definition) is 4. The Labute approximate surface area is 165 Å². The molecule has 0 aliphatic carbocycles. The smallest absolute Gasteiger partial charge is 0.276 e. The van der Waals surface area contributed by atoms with Crippen LogP contribution < -0.4 is 0 Å². The van der Waals surface area contributed by atoms with Crippen molar-refractivity contribution >= 4 is 11.8 Å². The number of piperidine rings is 1. The Morgan fingerprint density at radius 1 is 0.893 bits per heavy atom. The van der Waals surface area contributed by atoms with E-state index in [-0.39, 0.29) is 17.7 Å². The third-order valence-electron chi connectivity index (χ3n) is 5.84. The number of nitrogens with zero attached hydrogens (tertiary/aromatic N) is 3. The Hall–Kier alpha value is -2.63. The van der Waals surface area contributed by atoms with Gasteiger partial charge < -0.3 is 14.3 Å². The summed E-state index contributed by atoms with van der Waals surface area (Å²) in [6.07, 6.45) is 6.12. The second kappa shape index (κ2) is 8.59. The predicted molar refractivity (Wildman–Crippen MR) is 106 cm³/mol. The van der Waals surface area contributed by atoms with Crippen molar-refractivity contribution in [3.05, 3.63) is 42.1 Å². The molecular weight excluding hydrogens is 354 g/mol. The number of amides is 2. The van der Waals surface area contributed by atoms with Crippen molar-refractivity contribution in [2.45, 2.75) is 38.5 Å². The molecule has 2 fully saturated rings. The summed E-state index contributed by atoms with van der Waals surface area (Å²) in [6, 6.07) is 11.3. The first kappa shape index (κ1) is 18.7. The zero-order valence-electron chi connectivity index (χ0n) is 16.2. The lowest BCUT2D eigenvalue weighted by Crippen LogP contribution is -2.44. The molecule has 28 heavy (non-hydrogen) atoms. The SMILES string of the molecule is O=C(c1cc(-c2ccccc2)on1)N1CCC(C(=O)N2CCCCCC2)CC1. The molecule has 148 valence electrons. The Kier molecular flexibility index (Phi) is 5.74. The summed E-state index contributed by atoms with van der Waals surface area (Å²) in [5.74, 6) is 0.794. The van der Waals surface area contributed by atoms with Crippen molar-refractivity contribution < 1.29 is 14.1 Å². The van der Waals surface area contributed by atoms with Crippen LogP contribution in [0, 0.1) is 5.92 Å². The van der Waals surface area contributed by atoms with E-state index in [1.165, 1.54) is 12.8 Å². The molecule has 0 unspecified atom stereocenters. The molecule has 1 aromatic carbocycles. The van der Waals surface area contributed by atoms with Crippen LogP contribution in [0.1, 0.15) is 49.0 Å². The number of benzene rings is 1. The summed E-state index contributed by atoms with van der Waals surface area (Å²) in [6.45, 7) is 2.96. The lowest BCUT2D eigenvalue weighted by atomic mass is 9.95. The maximum absolute atomic E-state index is 12.8. The van der Waals surface area contributed by atoms with E-state index in [9.17, 15) is 9.59 Å². The number of likely N-dealkylation sites (tertiary alicyclic amines) is 2. The molecule has 0 N–H and O–H groups in total. The van der Waals surface area contributed by atoms with Crippen molar-refractivity contribution in [3.63, 3.8) is 0 Å². The largest absolute Gasteiger partial charge is 0.355 e. The minimum atomic E-state index is -0.119. The highest BCUT2D eigenvalue weighted by Crippen LogP contribution is 2.24. The average molecular weight is 381 g/mol. The summed E-state index contributed by atoms with van der Waals surface area (Å²) in [5.41, 5.74) is 1.23. The quantitative estimate of drug-likeness (QED) is 0.815. The van der Waals surface area contributed by atoms with E-state index < -0.39 is 0 Å². The van der Waals surface area contributed by atoms with Crippen molar-refractivity contribution in [1.82, 2.24) is 15.0 Å². The molecule has 2 aromatic rings. The van der Waals surface area contributed by atoms with Crippen molar-refractivity contribution in [1.29, 1.82) is 0 Å². The van der Waals surface area contributed by atoms with Gasteiger partial charge in [0.05, 0.1) is 0 Å². The number of carbonyl (C=O) groups excluding carboxylic acids is 2. The first-order chi connectivity index (χ1) is 13.7. The van der Waals surface area contributed by atoms with Gasteiger partial charge in [-0.05, 0) is 25.7 Å². The molecule has 2 amide bonds. The molecule has 2 aliphatic heterocycles. The first-order valence-corrected chi connectivity index (χ1v) is 10.3. The molecule has 2 saturated heterocycles. The van der Waals surface area contributed by atoms with Crippen LogP contribution in [0.4, 0.5) is 0 Å². The zero-order valence-corrected chi connectivity index (χ0v) is 16.2. The highest BCUT2D eigenvalue weighted by atomic mass is 16.5. The van der Waals surface area contributed by atoms with Gasteiger partial charge in [-0.25, -0.2) is 0 Å². The van der Waals surface area contributed by atoms with Gasteiger partial charge in [-0.15, -0.1) is 0 Å². The topological polar surface area (TPSA) is 66.7 Å². The van der Waals surface area contributed by atoms with Crippen molar-refractivity contribution in [2.75, 3.05) is 26.2 Å². The van der Waals surface area contributed by atoms with Gasteiger partial charge in [0.1, 0.15) is 0 Å². The molecular formula is C22H27N3O3. The van der Waals surface area contributed by atoms with Crippen LogP contribution in [-0.4, -0.2) is 52.9 Å². The van der Waals surface area contributed by atoms with Crippen molar-refractivity contribution in [3.8, 4) is 11.3 Å². The molecule has 1 aromatic heterocycles. The van der Waals surface area contributed by atoms with Crippen LogP contribution in [0.3, 0.4) is 0 Å². The van der Waals surface area contributed by atoms with E-state index in [0.29, 0.717) is 24.5 Å². The Morgan fingerprint density at radius 2 is 1.57 bits per heavy atom. The Bertz CT molecular complexity index is 801. The summed E-state index contributed by atoms with van der Waals surface area (Å²) in [5, 5.41) is 3.96. The molecule has 3 heterocycles. The monoisotopic (exact) mass is 381 g/mol. The zero-order chi connectivity index (χ0) is 19.3. The van der Waals surface area contributed by atoms with Gasteiger partial charge in [0.2, 0.25) is 5.91 Å². The molecule has 0 bridgehead atoms. The highest BCUT2D eigenvalue weighted by molar-refractivity contribution is 5.93. The molecule has 2 aliphatic rings. The van der Waals surface area contributed by atoms with Crippen LogP contribution in [0.5, 0.6) is 0 Å². The number of rotatable bonds is 3. The third kappa shape index (κ3) is 4.11. The van der Waals surface area contributed by atoms with Gasteiger partial charge in [0.15, 0.2) is 11.5 Å². The molecule has 0 spiro atoms. The Balaban J connectivity index is 1.34. The van der Waals surface area contributed by atoms with Gasteiger partial charge in [-0.1, -0.05) is 48.3 Å². The van der Waals surface area contributed by atoms with Crippen LogP contribution in [0.25, 0.3) is 11.3 Å². The van der Waals surface area contributed by atoms with E-state index >= 15 is 0 Å². The lowest BCUT2D eigenvalue weighted by molar-refractivity contribution is -0.136. The van der Waals surface area contributed by atoms with E-state index in [0.717, 1.165) is 44.3 Å². The standard InChI is InChI=1S/C22H27N3O3/c26-21(24-12-6-1-2-7-13-24)18-10-14-25(15-11-18)22(27)19-16-20(28-23-19)17-8-4-3-5-9-17/h3-5,8-9,16,18H,1-2,6-7,10-15H2. The second-order valence-electron chi connectivity index (χ2n) is 7.75. The maximum atomic E-state index is 12.8. The second-order valence-corrected chi connectivity index (χ2v) is 7.75. The summed E-state index contributed by atoms with van der Waals surface area (Å²) >= 11 is 0. The molecule has 4 rings (SSSR count). The molecule has 6 heteroatoms. The van der Waals surface area contributed by atoms with Crippen LogP contribution in [0.2, 0.25) is 0 Å². The summed E-state index contributed by atoms with van der Waals surface area (Å²) < 4.78 is 5.35. The van der Waals surface area contributed by atoms with Gasteiger partial charge in [0.25, 0.3) is 5.91 Å². The summed E-state index contributed by atoms with van der Waals surface area (Å²) in [7, 11) is 0. The van der Waals surface area contributed by atoms with Gasteiger partial charge in [-0.3, -0.25) is 9.59 Å². The third-order valence-corrected chi connectivity index (χ3v) is 5.84. The maximum Gasteiger partial charge on any atom is 0.276 e. The fraction of sp³-hybridized carbons (Fsp3) is 0.500. The van der Waals surface area contributed by atoms with Gasteiger partial charge >= 0.3 is 0 Å². The molecule has 0 radical (unpaired) electrons. The van der Waals surface area contributed by atoms with E-state index in [2.05, 4.69) is 5.16 Å². The molecule has 6 nitrogen and oxygen atoms in total. The van der Waals surface area contributed by atoms with Crippen LogP contribution >= 0.6 is 0 Å². The minimum Gasteiger partial charge on any atom is -0.355 e. The Morgan fingerprint density at radius 3 is 2.25 bits per heavy atom. The lowest BCUT2D eigenvalue weighted by Gasteiger charge is -2.33. The number of aromatic nitrogens is 1. The number of carbonyl (C=O) groups is 2. The number of hydrogen-bond donors (Lipinski definition) is 0. The predicted octanol–water partition coefficient (Wildman–Crippen LogP) is 3.60. The average Bonchev–Trinajstić information content (AvgIpc) is 3.09. The fourth-order valence-electron chi connectivity index (χ4n) is 4.16. The van der Waals surface area contributed by atoms with Crippen LogP contribution in [0.15, 0.2) is 40.9 Å². The molecule has 0 saturated carbocycles. The highest BCUT2D eigenvalue weighted by Gasteiger charge is 2.31. The molecule has 0 atom stereocenters. The van der Waals surface area contributed by atoms with Crippen LogP contribution in [-0.2, 0) is 4.79 Å².